The van der Waals surface area contributed by atoms with Crippen LogP contribution in [0.15, 0.2) is 109 Å². The van der Waals surface area contributed by atoms with Crippen LogP contribution < -0.4 is 25.6 Å². The van der Waals surface area contributed by atoms with Gasteiger partial charge in [0.25, 0.3) is 5.91 Å². The first-order valence-corrected chi connectivity index (χ1v) is 15.1. The van der Waals surface area contributed by atoms with Gasteiger partial charge >= 0.3 is 6.09 Å². The summed E-state index contributed by atoms with van der Waals surface area (Å²) in [5, 5.41) is 8.73. The standard InChI is InChI=1S/C36H35N7O3/c1-25-8-11-29(41-36(45)46-32-16-9-27(10-17-32)26-6-4-3-5-7-26)22-33(25)34(44)39-30-23-37-35(38-24-30)40-28-12-14-31(15-13-28)43-20-18-42(2)19-21-43/h3-17,22-24H,18-21H2,1-2H3,(H,39,44)(H,41,45)(H,37,38,40). The molecule has 2 amide bonds. The van der Waals surface area contributed by atoms with Crippen LogP contribution in [0.1, 0.15) is 15.9 Å². The van der Waals surface area contributed by atoms with Crippen molar-refractivity contribution in [3.05, 3.63) is 121 Å². The SMILES string of the molecule is Cc1ccc(NC(=O)Oc2ccc(-c3ccccc3)cc2)cc1C(=O)Nc1cnc(Nc2ccc(N3CCN(C)CC3)cc2)nc1. The lowest BCUT2D eigenvalue weighted by Crippen LogP contribution is -2.44. The minimum atomic E-state index is -0.659. The summed E-state index contributed by atoms with van der Waals surface area (Å²) in [5.74, 6) is 0.471. The van der Waals surface area contributed by atoms with E-state index in [0.717, 1.165) is 48.6 Å². The van der Waals surface area contributed by atoms with Crippen LogP contribution in [0.4, 0.5) is 33.5 Å². The zero-order valence-corrected chi connectivity index (χ0v) is 25.7. The zero-order chi connectivity index (χ0) is 31.9. The Labute approximate surface area is 268 Å². The molecule has 0 atom stereocenters. The molecule has 1 aliphatic heterocycles. The lowest BCUT2D eigenvalue weighted by Gasteiger charge is -2.34. The van der Waals surface area contributed by atoms with Crippen molar-refractivity contribution in [3.8, 4) is 16.9 Å². The first kappa shape index (κ1) is 30.3. The predicted molar refractivity (Wildman–Crippen MR) is 182 cm³/mol. The van der Waals surface area contributed by atoms with E-state index in [-0.39, 0.29) is 5.91 Å². The van der Waals surface area contributed by atoms with Crippen molar-refractivity contribution >= 4 is 40.7 Å². The average molecular weight is 614 g/mol. The summed E-state index contributed by atoms with van der Waals surface area (Å²) in [6.45, 7) is 5.95. The number of amides is 2. The largest absolute Gasteiger partial charge is 0.417 e. The van der Waals surface area contributed by atoms with Crippen molar-refractivity contribution in [3.63, 3.8) is 0 Å². The van der Waals surface area contributed by atoms with Gasteiger partial charge in [0.05, 0.1) is 18.1 Å². The molecule has 1 saturated heterocycles. The van der Waals surface area contributed by atoms with Gasteiger partial charge in [-0.15, -0.1) is 0 Å². The van der Waals surface area contributed by atoms with Crippen molar-refractivity contribution in [2.75, 3.05) is 54.1 Å². The van der Waals surface area contributed by atoms with Gasteiger partial charge in [0, 0.05) is 48.8 Å². The van der Waals surface area contributed by atoms with Crippen molar-refractivity contribution in [1.82, 2.24) is 14.9 Å². The van der Waals surface area contributed by atoms with E-state index in [2.05, 4.69) is 54.9 Å². The molecular formula is C36H35N7O3. The molecule has 6 rings (SSSR count). The van der Waals surface area contributed by atoms with E-state index in [4.69, 9.17) is 4.74 Å². The Morgan fingerprint density at radius 1 is 0.717 bits per heavy atom. The summed E-state index contributed by atoms with van der Waals surface area (Å²) in [7, 11) is 2.15. The molecule has 1 fully saturated rings. The molecule has 10 nitrogen and oxygen atoms in total. The second-order valence-electron chi connectivity index (χ2n) is 11.1. The Morgan fingerprint density at radius 2 is 1.37 bits per heavy atom. The van der Waals surface area contributed by atoms with Crippen LogP contribution in [0.3, 0.4) is 0 Å². The number of ether oxygens (including phenoxy) is 1. The number of aryl methyl sites for hydroxylation is 1. The number of aromatic nitrogens is 2. The van der Waals surface area contributed by atoms with E-state index >= 15 is 0 Å². The molecule has 0 saturated carbocycles. The van der Waals surface area contributed by atoms with E-state index in [0.29, 0.717) is 28.6 Å². The number of rotatable bonds is 8. The summed E-state index contributed by atoms with van der Waals surface area (Å²) >= 11 is 0. The summed E-state index contributed by atoms with van der Waals surface area (Å²) in [5.41, 5.74) is 6.17. The molecule has 0 unspecified atom stereocenters. The summed E-state index contributed by atoms with van der Waals surface area (Å²) < 4.78 is 5.45. The Morgan fingerprint density at radius 3 is 2.07 bits per heavy atom. The second-order valence-corrected chi connectivity index (χ2v) is 11.1. The van der Waals surface area contributed by atoms with E-state index in [9.17, 15) is 9.59 Å². The molecule has 4 aromatic carbocycles. The van der Waals surface area contributed by atoms with Crippen molar-refractivity contribution in [1.29, 1.82) is 0 Å². The molecule has 0 bridgehead atoms. The van der Waals surface area contributed by atoms with Crippen LogP contribution in [0, 0.1) is 6.92 Å². The van der Waals surface area contributed by atoms with Crippen LogP contribution in [-0.4, -0.2) is 60.1 Å². The minimum absolute atomic E-state index is 0.352. The maximum absolute atomic E-state index is 13.1. The van der Waals surface area contributed by atoms with Gasteiger partial charge in [0.2, 0.25) is 5.95 Å². The highest BCUT2D eigenvalue weighted by molar-refractivity contribution is 6.06. The first-order chi connectivity index (χ1) is 22.4. The number of carbonyl (C=O) groups is 2. The summed E-state index contributed by atoms with van der Waals surface area (Å²) in [6, 6.07) is 30.5. The number of nitrogens with zero attached hydrogens (tertiary/aromatic N) is 4. The zero-order valence-electron chi connectivity index (χ0n) is 25.7. The lowest BCUT2D eigenvalue weighted by atomic mass is 10.1. The first-order valence-electron chi connectivity index (χ1n) is 15.1. The maximum atomic E-state index is 13.1. The van der Waals surface area contributed by atoms with E-state index < -0.39 is 6.09 Å². The molecule has 232 valence electrons. The van der Waals surface area contributed by atoms with Crippen LogP contribution in [0.2, 0.25) is 0 Å². The third kappa shape index (κ3) is 7.66. The van der Waals surface area contributed by atoms with Crippen molar-refractivity contribution in [2.24, 2.45) is 0 Å². The topological polar surface area (TPSA) is 112 Å². The fourth-order valence-corrected chi connectivity index (χ4v) is 5.15. The number of anilines is 5. The fourth-order valence-electron chi connectivity index (χ4n) is 5.15. The lowest BCUT2D eigenvalue weighted by molar-refractivity contribution is 0.102. The van der Waals surface area contributed by atoms with E-state index in [1.54, 1.807) is 42.7 Å². The number of nitrogens with one attached hydrogen (secondary N) is 3. The van der Waals surface area contributed by atoms with Gasteiger partial charge in [-0.05, 0) is 79.2 Å². The Balaban J connectivity index is 1.02. The highest BCUT2D eigenvalue weighted by Gasteiger charge is 2.15. The maximum Gasteiger partial charge on any atom is 0.417 e. The molecule has 0 aliphatic carbocycles. The van der Waals surface area contributed by atoms with Gasteiger partial charge in [-0.2, -0.15) is 0 Å². The third-order valence-corrected chi connectivity index (χ3v) is 7.80. The Hall–Kier alpha value is -5.74. The van der Waals surface area contributed by atoms with Crippen LogP contribution in [-0.2, 0) is 0 Å². The number of piperazine rings is 1. The molecule has 1 aromatic heterocycles. The molecule has 0 radical (unpaired) electrons. The van der Waals surface area contributed by atoms with Crippen LogP contribution in [0.25, 0.3) is 11.1 Å². The summed E-state index contributed by atoms with van der Waals surface area (Å²) in [6.07, 6.45) is 2.43. The second kappa shape index (κ2) is 13.9. The van der Waals surface area contributed by atoms with Gasteiger partial charge in [-0.25, -0.2) is 14.8 Å². The smallest absolute Gasteiger partial charge is 0.410 e. The van der Waals surface area contributed by atoms with E-state index in [1.807, 2.05) is 61.5 Å². The number of likely N-dealkylation sites (N-methyl/N-ethyl adjacent to an activating group) is 1. The molecule has 0 spiro atoms. The van der Waals surface area contributed by atoms with Crippen molar-refractivity contribution in [2.45, 2.75) is 6.92 Å². The molecule has 1 aliphatic rings. The number of carbonyl (C=O) groups excluding carboxylic acids is 2. The fraction of sp³-hybridized carbons (Fsp3) is 0.167. The predicted octanol–water partition coefficient (Wildman–Crippen LogP) is 6.81. The molecule has 5 aromatic rings. The van der Waals surface area contributed by atoms with Gasteiger partial charge in [0.1, 0.15) is 5.75 Å². The molecule has 3 N–H and O–H groups in total. The quantitative estimate of drug-likeness (QED) is 0.175. The molecule has 2 heterocycles. The normalized spacial score (nSPS) is 13.1. The molecule has 10 heteroatoms. The Kier molecular flexibility index (Phi) is 9.17. The number of benzene rings is 4. The highest BCUT2D eigenvalue weighted by Crippen LogP contribution is 2.24. The van der Waals surface area contributed by atoms with Crippen LogP contribution in [0.5, 0.6) is 5.75 Å². The van der Waals surface area contributed by atoms with Gasteiger partial charge < -0.3 is 25.2 Å². The van der Waals surface area contributed by atoms with Gasteiger partial charge in [0.15, 0.2) is 0 Å². The minimum Gasteiger partial charge on any atom is -0.410 e. The monoisotopic (exact) mass is 613 g/mol. The van der Waals surface area contributed by atoms with Crippen molar-refractivity contribution < 1.29 is 14.3 Å². The van der Waals surface area contributed by atoms with E-state index in [1.165, 1.54) is 5.69 Å². The number of hydrogen-bond donors (Lipinski definition) is 3. The highest BCUT2D eigenvalue weighted by atomic mass is 16.6. The average Bonchev–Trinajstić information content (AvgIpc) is 3.08. The summed E-state index contributed by atoms with van der Waals surface area (Å²) in [4.78, 5) is 39.2. The molecular weight excluding hydrogens is 578 g/mol. The third-order valence-electron chi connectivity index (χ3n) is 7.80. The van der Waals surface area contributed by atoms with Crippen LogP contribution >= 0.6 is 0 Å². The Bertz CT molecular complexity index is 1790. The number of hydrogen-bond acceptors (Lipinski definition) is 8. The van der Waals surface area contributed by atoms with Gasteiger partial charge in [-0.3, -0.25) is 10.1 Å². The molecule has 46 heavy (non-hydrogen) atoms. The van der Waals surface area contributed by atoms with Gasteiger partial charge in [-0.1, -0.05) is 48.5 Å².